The van der Waals surface area contributed by atoms with Crippen LogP contribution in [0.4, 0.5) is 0 Å². The highest BCUT2D eigenvalue weighted by atomic mass is 32.1. The highest BCUT2D eigenvalue weighted by molar-refractivity contribution is 7.10. The number of rotatable bonds is 5. The fourth-order valence-electron chi connectivity index (χ4n) is 4.21. The lowest BCUT2D eigenvalue weighted by molar-refractivity contribution is -0.147. The summed E-state index contributed by atoms with van der Waals surface area (Å²) < 4.78 is 11.1. The summed E-state index contributed by atoms with van der Waals surface area (Å²) in [6.07, 6.45) is 1.08. The van der Waals surface area contributed by atoms with Crippen LogP contribution in [-0.2, 0) is 20.7 Å². The van der Waals surface area contributed by atoms with E-state index in [2.05, 4.69) is 0 Å². The standard InChI is InChI=1S/C22H24N2O6S/c1-29-16-6-4-15(5-7-16)20(26)24-18(21(27)28)14-30-22(24)8-10-23(11-9-22)19(25)13-17-3-2-12-31-17/h2-7,12,18H,8-11,13-14H2,1H3,(H,27,28). The van der Waals surface area contributed by atoms with E-state index in [0.717, 1.165) is 4.88 Å². The molecule has 2 saturated heterocycles. The lowest BCUT2D eigenvalue weighted by atomic mass is 9.96. The molecule has 3 heterocycles. The molecule has 1 aromatic carbocycles. The summed E-state index contributed by atoms with van der Waals surface area (Å²) in [5, 5.41) is 11.6. The van der Waals surface area contributed by atoms with Gasteiger partial charge in [-0.25, -0.2) is 4.79 Å². The number of carbonyl (C=O) groups is 3. The van der Waals surface area contributed by atoms with E-state index in [1.54, 1.807) is 40.5 Å². The lowest BCUT2D eigenvalue weighted by Crippen LogP contribution is -2.58. The average molecular weight is 445 g/mol. The summed E-state index contributed by atoms with van der Waals surface area (Å²) >= 11 is 1.54. The van der Waals surface area contributed by atoms with Crippen molar-refractivity contribution in [1.29, 1.82) is 0 Å². The molecule has 2 aliphatic heterocycles. The van der Waals surface area contributed by atoms with Crippen LogP contribution in [0.25, 0.3) is 0 Å². The van der Waals surface area contributed by atoms with Crippen LogP contribution in [0.2, 0.25) is 0 Å². The van der Waals surface area contributed by atoms with Crippen LogP contribution in [0.15, 0.2) is 41.8 Å². The van der Waals surface area contributed by atoms with Crippen LogP contribution in [-0.4, -0.2) is 71.3 Å². The Balaban J connectivity index is 1.51. The summed E-state index contributed by atoms with van der Waals surface area (Å²) in [7, 11) is 1.54. The molecule has 9 heteroatoms. The zero-order valence-corrected chi connectivity index (χ0v) is 18.0. The van der Waals surface area contributed by atoms with Gasteiger partial charge in [0, 0.05) is 36.4 Å². The number of nitrogens with zero attached hydrogens (tertiary/aromatic N) is 2. The molecular formula is C22H24N2O6S. The van der Waals surface area contributed by atoms with Crippen molar-refractivity contribution in [3.8, 4) is 5.75 Å². The maximum atomic E-state index is 13.3. The Labute approximate surface area is 184 Å². The van der Waals surface area contributed by atoms with Gasteiger partial charge in [0.25, 0.3) is 5.91 Å². The maximum absolute atomic E-state index is 13.3. The van der Waals surface area contributed by atoms with Gasteiger partial charge >= 0.3 is 5.97 Å². The van der Waals surface area contributed by atoms with E-state index in [4.69, 9.17) is 9.47 Å². The summed E-state index contributed by atoms with van der Waals surface area (Å²) in [4.78, 5) is 42.0. The molecule has 1 atom stereocenters. The smallest absolute Gasteiger partial charge is 0.328 e. The minimum atomic E-state index is -1.10. The Morgan fingerprint density at radius 3 is 2.48 bits per heavy atom. The summed E-state index contributed by atoms with van der Waals surface area (Å²) in [6, 6.07) is 9.34. The average Bonchev–Trinajstić information content (AvgIpc) is 3.42. The molecule has 8 nitrogen and oxygen atoms in total. The fourth-order valence-corrected chi connectivity index (χ4v) is 4.90. The zero-order valence-electron chi connectivity index (χ0n) is 17.2. The van der Waals surface area contributed by atoms with Gasteiger partial charge in [-0.3, -0.25) is 14.5 Å². The summed E-state index contributed by atoms with van der Waals surface area (Å²) in [6.45, 7) is 0.742. The number of likely N-dealkylation sites (tertiary alicyclic amines) is 1. The van der Waals surface area contributed by atoms with E-state index in [0.29, 0.717) is 43.7 Å². The quantitative estimate of drug-likeness (QED) is 0.760. The number of carbonyl (C=O) groups excluding carboxylic acids is 2. The molecule has 2 amide bonds. The number of hydrogen-bond donors (Lipinski definition) is 1. The van der Waals surface area contributed by atoms with Gasteiger partial charge in [0.1, 0.15) is 11.5 Å². The molecule has 0 saturated carbocycles. The first-order valence-corrected chi connectivity index (χ1v) is 11.0. The molecule has 2 aromatic rings. The number of aliphatic carboxylic acids is 1. The van der Waals surface area contributed by atoms with Gasteiger partial charge < -0.3 is 19.5 Å². The van der Waals surface area contributed by atoms with Crippen molar-refractivity contribution in [3.63, 3.8) is 0 Å². The van der Waals surface area contributed by atoms with Crippen LogP contribution >= 0.6 is 11.3 Å². The molecule has 31 heavy (non-hydrogen) atoms. The van der Waals surface area contributed by atoms with Crippen molar-refractivity contribution in [2.75, 3.05) is 26.8 Å². The number of carboxylic acids is 1. The van der Waals surface area contributed by atoms with E-state index >= 15 is 0 Å². The Bertz CT molecular complexity index is 951. The van der Waals surface area contributed by atoms with Gasteiger partial charge in [-0.1, -0.05) is 6.07 Å². The van der Waals surface area contributed by atoms with Gasteiger partial charge in [-0.2, -0.15) is 0 Å². The van der Waals surface area contributed by atoms with Crippen LogP contribution < -0.4 is 4.74 Å². The van der Waals surface area contributed by atoms with Crippen molar-refractivity contribution in [3.05, 3.63) is 52.2 Å². The summed E-state index contributed by atoms with van der Waals surface area (Å²) in [5.74, 6) is -0.866. The zero-order chi connectivity index (χ0) is 22.0. The number of ether oxygens (including phenoxy) is 2. The van der Waals surface area contributed by atoms with Crippen molar-refractivity contribution in [2.45, 2.75) is 31.0 Å². The minimum Gasteiger partial charge on any atom is -0.497 e. The monoisotopic (exact) mass is 444 g/mol. The van der Waals surface area contributed by atoms with Gasteiger partial charge in [-0.05, 0) is 35.7 Å². The van der Waals surface area contributed by atoms with E-state index in [9.17, 15) is 19.5 Å². The molecule has 1 spiro atoms. The number of amides is 2. The first-order valence-electron chi connectivity index (χ1n) is 10.1. The van der Waals surface area contributed by atoms with Crippen LogP contribution in [0.3, 0.4) is 0 Å². The lowest BCUT2D eigenvalue weighted by Gasteiger charge is -2.44. The topological polar surface area (TPSA) is 96.4 Å². The molecule has 0 bridgehead atoms. The van der Waals surface area contributed by atoms with E-state index < -0.39 is 23.6 Å². The third-order valence-corrected chi connectivity index (χ3v) is 6.78. The second kappa shape index (κ2) is 8.68. The molecule has 2 aliphatic rings. The maximum Gasteiger partial charge on any atom is 0.328 e. The SMILES string of the molecule is COc1ccc(C(=O)N2C(C(=O)O)COC23CCN(C(=O)Cc2cccs2)CC3)cc1. The first-order chi connectivity index (χ1) is 14.9. The van der Waals surface area contributed by atoms with Crippen molar-refractivity contribution in [2.24, 2.45) is 0 Å². The largest absolute Gasteiger partial charge is 0.497 e. The fraction of sp³-hybridized carbons (Fsp3) is 0.409. The minimum absolute atomic E-state index is 0.0260. The number of piperidine rings is 1. The number of hydrogen-bond acceptors (Lipinski definition) is 6. The highest BCUT2D eigenvalue weighted by Crippen LogP contribution is 2.38. The van der Waals surface area contributed by atoms with Crippen LogP contribution in [0, 0.1) is 0 Å². The molecule has 1 aromatic heterocycles. The molecule has 4 rings (SSSR count). The molecule has 1 unspecified atom stereocenters. The Hall–Kier alpha value is -2.91. The second-order valence-electron chi connectivity index (χ2n) is 7.65. The van der Waals surface area contributed by atoms with E-state index in [-0.39, 0.29) is 12.5 Å². The van der Waals surface area contributed by atoms with Crippen LogP contribution in [0.1, 0.15) is 28.1 Å². The number of carboxylic acid groups (broad SMARTS) is 1. The second-order valence-corrected chi connectivity index (χ2v) is 8.68. The van der Waals surface area contributed by atoms with Gasteiger partial charge in [0.05, 0.1) is 20.1 Å². The summed E-state index contributed by atoms with van der Waals surface area (Å²) in [5.41, 5.74) is -0.659. The number of thiophene rings is 1. The Morgan fingerprint density at radius 1 is 1.19 bits per heavy atom. The predicted octanol–water partition coefficient (Wildman–Crippen LogP) is 2.24. The first kappa shape index (κ1) is 21.3. The van der Waals surface area contributed by atoms with E-state index in [1.165, 1.54) is 12.0 Å². The van der Waals surface area contributed by atoms with Crippen molar-refractivity contribution >= 4 is 29.1 Å². The number of methoxy groups -OCH3 is 1. The third kappa shape index (κ3) is 4.15. The van der Waals surface area contributed by atoms with Gasteiger partial charge in [0.15, 0.2) is 6.04 Å². The van der Waals surface area contributed by atoms with Crippen LogP contribution in [0.5, 0.6) is 5.75 Å². The van der Waals surface area contributed by atoms with Gasteiger partial charge in [0.2, 0.25) is 5.91 Å². The highest BCUT2D eigenvalue weighted by Gasteiger charge is 2.54. The molecule has 1 N–H and O–H groups in total. The van der Waals surface area contributed by atoms with E-state index in [1.807, 2.05) is 17.5 Å². The Kier molecular flexibility index (Phi) is 5.97. The normalized spacial score (nSPS) is 20.1. The van der Waals surface area contributed by atoms with Crippen molar-refractivity contribution in [1.82, 2.24) is 9.80 Å². The predicted molar refractivity (Wildman–Crippen MR) is 113 cm³/mol. The van der Waals surface area contributed by atoms with Gasteiger partial charge in [-0.15, -0.1) is 11.3 Å². The molecule has 2 fully saturated rings. The molecule has 0 aliphatic carbocycles. The molecular weight excluding hydrogens is 420 g/mol. The molecule has 164 valence electrons. The number of benzene rings is 1. The molecule has 0 radical (unpaired) electrons. The van der Waals surface area contributed by atoms with Crippen molar-refractivity contribution < 1.29 is 29.0 Å². The Morgan fingerprint density at radius 2 is 1.90 bits per heavy atom. The third-order valence-electron chi connectivity index (χ3n) is 5.90.